The lowest BCUT2D eigenvalue weighted by atomic mass is 9.81. The number of piperidine rings is 1. The Morgan fingerprint density at radius 1 is 1.19 bits per heavy atom. The summed E-state index contributed by atoms with van der Waals surface area (Å²) in [5.41, 5.74) is -0.158. The number of H-pyrrole nitrogens is 1. The minimum absolute atomic E-state index is 0.0341. The number of nitrogens with one attached hydrogen (secondary N) is 1. The Hall–Kier alpha value is -1.56. The molecule has 36 heavy (non-hydrogen) atoms. The lowest BCUT2D eigenvalue weighted by Gasteiger charge is -2.50. The topological polar surface area (TPSA) is 149 Å². The Kier molecular flexibility index (Phi) is 8.14. The summed E-state index contributed by atoms with van der Waals surface area (Å²) >= 11 is 0. The van der Waals surface area contributed by atoms with Crippen molar-refractivity contribution in [1.82, 2.24) is 19.3 Å². The lowest BCUT2D eigenvalue weighted by Crippen LogP contribution is -2.62. The van der Waals surface area contributed by atoms with Crippen LogP contribution in [0.25, 0.3) is 11.0 Å². The van der Waals surface area contributed by atoms with Gasteiger partial charge in [0.25, 0.3) is 0 Å². The van der Waals surface area contributed by atoms with Crippen molar-refractivity contribution in [3.8, 4) is 0 Å². The van der Waals surface area contributed by atoms with E-state index in [0.717, 1.165) is 42.5 Å². The molecule has 3 heterocycles. The number of phosphoric ester groups is 1. The fourth-order valence-electron chi connectivity index (χ4n) is 6.26. The second-order valence-electron chi connectivity index (χ2n) is 10.1. The van der Waals surface area contributed by atoms with Crippen LogP contribution < -0.4 is 4.90 Å². The number of nitrogens with zero attached hydrogens (tertiary/aromatic N) is 4. The molecule has 11 nitrogen and oxygen atoms in total. The maximum absolute atomic E-state index is 13.7. The first-order valence-electron chi connectivity index (χ1n) is 12.8. The Labute approximate surface area is 212 Å². The predicted octanol–water partition coefficient (Wildman–Crippen LogP) is 3.42. The third-order valence-electron chi connectivity index (χ3n) is 8.23. The lowest BCUT2D eigenvalue weighted by molar-refractivity contribution is -0.0262. The molecule has 0 aromatic carbocycles. The molecular formula is C23H38N5O6PS. The zero-order valence-electron chi connectivity index (χ0n) is 21.2. The van der Waals surface area contributed by atoms with Crippen molar-refractivity contribution in [2.75, 3.05) is 24.2 Å². The Morgan fingerprint density at radius 3 is 2.53 bits per heavy atom. The summed E-state index contributed by atoms with van der Waals surface area (Å²) in [5.74, 6) is 0.952. The van der Waals surface area contributed by atoms with Gasteiger partial charge in [0, 0.05) is 25.8 Å². The molecule has 0 unspecified atom stereocenters. The number of anilines is 1. The van der Waals surface area contributed by atoms with Crippen molar-refractivity contribution in [3.05, 3.63) is 18.6 Å². The number of hydrogen-bond donors (Lipinski definition) is 3. The van der Waals surface area contributed by atoms with Crippen LogP contribution in [0.3, 0.4) is 0 Å². The van der Waals surface area contributed by atoms with Gasteiger partial charge in [0.2, 0.25) is 10.0 Å². The van der Waals surface area contributed by atoms with Gasteiger partial charge in [0.05, 0.1) is 22.8 Å². The molecule has 1 aliphatic heterocycles. The first kappa shape index (κ1) is 27.5. The van der Waals surface area contributed by atoms with E-state index in [1.807, 2.05) is 33.2 Å². The molecule has 1 saturated carbocycles. The quantitative estimate of drug-likeness (QED) is 0.405. The average molecular weight is 544 g/mol. The largest absolute Gasteiger partial charge is 0.469 e. The second kappa shape index (κ2) is 10.7. The van der Waals surface area contributed by atoms with Crippen molar-refractivity contribution in [2.24, 2.45) is 5.92 Å². The summed E-state index contributed by atoms with van der Waals surface area (Å²) in [4.78, 5) is 32.9. The highest BCUT2D eigenvalue weighted by molar-refractivity contribution is 7.89. The zero-order valence-corrected chi connectivity index (χ0v) is 22.9. The smallest absolute Gasteiger partial charge is 0.356 e. The van der Waals surface area contributed by atoms with Crippen LogP contribution in [-0.4, -0.2) is 74.5 Å². The first-order chi connectivity index (χ1) is 17.0. The van der Waals surface area contributed by atoms with Crippen molar-refractivity contribution >= 4 is 34.7 Å². The van der Waals surface area contributed by atoms with Crippen molar-refractivity contribution in [3.63, 3.8) is 0 Å². The van der Waals surface area contributed by atoms with Crippen LogP contribution in [0, 0.1) is 5.92 Å². The van der Waals surface area contributed by atoms with Gasteiger partial charge in [-0.1, -0.05) is 13.8 Å². The molecule has 4 rings (SSSR count). The standard InChI is InChI=1S/C23H38N5O6PS/c1-4-23(5-2)20(34-35(29,30)31)7-6-14-28(23)36(32,33)15-17-8-10-18(11-9-17)27(3)22-19-12-13-24-21(19)25-16-26-22/h12-13,16-18,20H,4-11,14-15H2,1-3H3,(H,24,25,26)(H2,29,30,31)/t17-,18-,20-/m1/s1. The number of rotatable bonds is 9. The van der Waals surface area contributed by atoms with Crippen LogP contribution in [0.5, 0.6) is 0 Å². The minimum atomic E-state index is -4.74. The third kappa shape index (κ3) is 5.49. The van der Waals surface area contributed by atoms with Crippen molar-refractivity contribution < 1.29 is 27.3 Å². The molecule has 0 bridgehead atoms. The molecule has 2 aliphatic rings. The summed E-state index contributed by atoms with van der Waals surface area (Å²) < 4.78 is 45.7. The number of fused-ring (bicyclic) bond motifs is 1. The van der Waals surface area contributed by atoms with Crippen LogP contribution in [0.15, 0.2) is 18.6 Å². The van der Waals surface area contributed by atoms with E-state index in [1.165, 1.54) is 4.31 Å². The van der Waals surface area contributed by atoms with Crippen molar-refractivity contribution in [1.29, 1.82) is 0 Å². The van der Waals surface area contributed by atoms with E-state index in [2.05, 4.69) is 19.9 Å². The Bertz CT molecular complexity index is 1190. The molecule has 0 amide bonds. The van der Waals surface area contributed by atoms with E-state index in [0.29, 0.717) is 32.2 Å². The molecule has 2 aromatic heterocycles. The molecule has 1 atom stereocenters. The highest BCUT2D eigenvalue weighted by Crippen LogP contribution is 2.47. The van der Waals surface area contributed by atoms with Gasteiger partial charge in [-0.2, -0.15) is 4.31 Å². The molecule has 2 aromatic rings. The fourth-order valence-corrected chi connectivity index (χ4v) is 9.34. The predicted molar refractivity (Wildman–Crippen MR) is 138 cm³/mol. The van der Waals surface area contributed by atoms with E-state index in [1.54, 1.807) is 6.33 Å². The van der Waals surface area contributed by atoms with E-state index >= 15 is 0 Å². The van der Waals surface area contributed by atoms with Gasteiger partial charge in [0.15, 0.2) is 0 Å². The number of hydrogen-bond acceptors (Lipinski definition) is 7. The molecule has 202 valence electrons. The number of aromatic amines is 1. The van der Waals surface area contributed by atoms with Gasteiger partial charge < -0.3 is 19.7 Å². The first-order valence-corrected chi connectivity index (χ1v) is 15.9. The molecular weight excluding hydrogens is 505 g/mol. The molecule has 0 radical (unpaired) electrons. The van der Waals surface area contributed by atoms with Crippen LogP contribution >= 0.6 is 7.82 Å². The zero-order chi connectivity index (χ0) is 26.1. The van der Waals surface area contributed by atoms with Gasteiger partial charge in [-0.3, -0.25) is 4.52 Å². The Balaban J connectivity index is 1.44. The van der Waals surface area contributed by atoms with Gasteiger partial charge in [-0.05, 0) is 63.4 Å². The van der Waals surface area contributed by atoms with Crippen LogP contribution in [-0.2, 0) is 19.1 Å². The minimum Gasteiger partial charge on any atom is -0.356 e. The van der Waals surface area contributed by atoms with Crippen LogP contribution in [0.1, 0.15) is 65.2 Å². The van der Waals surface area contributed by atoms with E-state index < -0.39 is 29.5 Å². The summed E-state index contributed by atoms with van der Waals surface area (Å²) in [6, 6.07) is 2.23. The van der Waals surface area contributed by atoms with Gasteiger partial charge in [-0.15, -0.1) is 0 Å². The monoisotopic (exact) mass is 543 g/mol. The normalized spacial score (nSPS) is 25.8. The third-order valence-corrected chi connectivity index (χ3v) is 10.9. The molecule has 0 spiro atoms. The summed E-state index contributed by atoms with van der Waals surface area (Å²) in [7, 11) is -6.37. The highest BCUT2D eigenvalue weighted by Gasteiger charge is 2.51. The van der Waals surface area contributed by atoms with Gasteiger partial charge in [0.1, 0.15) is 17.8 Å². The maximum atomic E-state index is 13.7. The highest BCUT2D eigenvalue weighted by atomic mass is 32.2. The number of sulfonamides is 1. The molecule has 3 N–H and O–H groups in total. The van der Waals surface area contributed by atoms with E-state index in [4.69, 9.17) is 4.52 Å². The summed E-state index contributed by atoms with van der Waals surface area (Å²) in [6.07, 6.45) is 7.67. The van der Waals surface area contributed by atoms with E-state index in [9.17, 15) is 22.8 Å². The van der Waals surface area contributed by atoms with Gasteiger partial charge >= 0.3 is 7.82 Å². The molecule has 1 saturated heterocycles. The average Bonchev–Trinajstić information content (AvgIpc) is 3.32. The fraction of sp³-hybridized carbons (Fsp3) is 0.739. The molecule has 13 heteroatoms. The SMILES string of the molecule is CCC1(CC)[C@H](OP(=O)(O)O)CCCN1S(=O)(=O)C[C@H]1CC[C@H](N(C)c2ncnc3[nH]ccc23)CC1. The summed E-state index contributed by atoms with van der Waals surface area (Å²) in [5, 5.41) is 0.970. The van der Waals surface area contributed by atoms with Gasteiger partial charge in [-0.25, -0.2) is 23.0 Å². The van der Waals surface area contributed by atoms with E-state index in [-0.39, 0.29) is 17.7 Å². The molecule has 1 aliphatic carbocycles. The maximum Gasteiger partial charge on any atom is 0.469 e. The molecule has 2 fully saturated rings. The number of aromatic nitrogens is 3. The Morgan fingerprint density at radius 2 is 1.89 bits per heavy atom. The van der Waals surface area contributed by atoms with Crippen LogP contribution in [0.4, 0.5) is 5.82 Å². The van der Waals surface area contributed by atoms with Crippen molar-refractivity contribution in [2.45, 2.75) is 82.9 Å². The second-order valence-corrected chi connectivity index (χ2v) is 13.2. The van der Waals surface area contributed by atoms with Crippen LogP contribution in [0.2, 0.25) is 0 Å². The summed E-state index contributed by atoms with van der Waals surface area (Å²) in [6.45, 7) is 4.08. The number of phosphoric acid groups is 1.